The summed E-state index contributed by atoms with van der Waals surface area (Å²) in [5.74, 6) is -0.701. The summed E-state index contributed by atoms with van der Waals surface area (Å²) in [4.78, 5) is 14.2. The number of rotatable bonds is 4. The van der Waals surface area contributed by atoms with E-state index in [1.807, 2.05) is 6.92 Å². The first kappa shape index (κ1) is 14.7. The molecular formula is C16H18N2O3. The second-order valence-electron chi connectivity index (χ2n) is 4.72. The molecule has 0 fully saturated rings. The van der Waals surface area contributed by atoms with Gasteiger partial charge in [-0.3, -0.25) is 4.79 Å². The second-order valence-corrected chi connectivity index (χ2v) is 4.72. The molecule has 4 N–H and O–H groups in total. The van der Waals surface area contributed by atoms with Crippen LogP contribution in [0, 0.1) is 0 Å². The average molecular weight is 286 g/mol. The van der Waals surface area contributed by atoms with E-state index in [1.165, 1.54) is 17.0 Å². The van der Waals surface area contributed by atoms with Gasteiger partial charge in [-0.15, -0.1) is 0 Å². The third-order valence-corrected chi connectivity index (χ3v) is 3.13. The molecule has 0 radical (unpaired) electrons. The number of nitrogen functional groups attached to an aromatic ring is 1. The summed E-state index contributed by atoms with van der Waals surface area (Å²) in [6, 6.07) is 11.0. The first-order valence-corrected chi connectivity index (χ1v) is 6.73. The Kier molecular flexibility index (Phi) is 4.33. The molecule has 5 heteroatoms. The third-order valence-electron chi connectivity index (χ3n) is 3.13. The summed E-state index contributed by atoms with van der Waals surface area (Å²) in [6.07, 6.45) is 0.749. The van der Waals surface area contributed by atoms with Crippen molar-refractivity contribution >= 4 is 17.3 Å². The van der Waals surface area contributed by atoms with Crippen molar-refractivity contribution in [2.75, 3.05) is 17.2 Å². The number of benzene rings is 2. The molecule has 0 spiro atoms. The molecule has 0 atom stereocenters. The highest BCUT2D eigenvalue weighted by Gasteiger charge is 2.21. The number of nitrogens with two attached hydrogens (primary N) is 1. The molecule has 0 saturated heterocycles. The van der Waals surface area contributed by atoms with Gasteiger partial charge in [-0.2, -0.15) is 0 Å². The Morgan fingerprint density at radius 1 is 1.19 bits per heavy atom. The van der Waals surface area contributed by atoms with Crippen LogP contribution in [0.4, 0.5) is 11.4 Å². The van der Waals surface area contributed by atoms with Crippen LogP contribution in [-0.4, -0.2) is 22.7 Å². The fourth-order valence-corrected chi connectivity index (χ4v) is 2.13. The number of phenolic OH excluding ortho intramolecular Hbond substituents is 2. The lowest BCUT2D eigenvalue weighted by molar-refractivity contribution is 0.0984. The summed E-state index contributed by atoms with van der Waals surface area (Å²) in [6.45, 7) is 2.43. The molecule has 0 aliphatic rings. The van der Waals surface area contributed by atoms with E-state index in [4.69, 9.17) is 5.73 Å². The molecule has 0 aliphatic heterocycles. The molecule has 110 valence electrons. The molecule has 0 heterocycles. The molecule has 0 aromatic heterocycles. The Labute approximate surface area is 123 Å². The number of hydrogen-bond acceptors (Lipinski definition) is 4. The highest BCUT2D eigenvalue weighted by Crippen LogP contribution is 2.28. The normalized spacial score (nSPS) is 10.3. The second kappa shape index (κ2) is 6.17. The zero-order valence-corrected chi connectivity index (χ0v) is 11.8. The highest BCUT2D eigenvalue weighted by atomic mass is 16.3. The molecule has 2 aromatic carbocycles. The van der Waals surface area contributed by atoms with E-state index in [2.05, 4.69) is 0 Å². The van der Waals surface area contributed by atoms with Crippen molar-refractivity contribution in [3.05, 3.63) is 48.0 Å². The molecule has 5 nitrogen and oxygen atoms in total. The van der Waals surface area contributed by atoms with Crippen molar-refractivity contribution in [3.63, 3.8) is 0 Å². The lowest BCUT2D eigenvalue weighted by Gasteiger charge is -2.24. The summed E-state index contributed by atoms with van der Waals surface area (Å²) in [7, 11) is 0. The van der Waals surface area contributed by atoms with Crippen LogP contribution in [0.25, 0.3) is 0 Å². The Bertz CT molecular complexity index is 656. The number of nitrogens with zero attached hydrogens (tertiary/aromatic N) is 1. The van der Waals surface area contributed by atoms with Gasteiger partial charge in [-0.05, 0) is 30.7 Å². The van der Waals surface area contributed by atoms with Crippen molar-refractivity contribution in [2.24, 2.45) is 0 Å². The molecule has 2 rings (SSSR count). The van der Waals surface area contributed by atoms with E-state index in [0.717, 1.165) is 12.5 Å². The highest BCUT2D eigenvalue weighted by molar-refractivity contribution is 6.09. The molecule has 0 aliphatic carbocycles. The molecule has 2 aromatic rings. The van der Waals surface area contributed by atoms with Gasteiger partial charge in [0.25, 0.3) is 5.91 Å². The van der Waals surface area contributed by atoms with Gasteiger partial charge in [-0.25, -0.2) is 0 Å². The van der Waals surface area contributed by atoms with Gasteiger partial charge >= 0.3 is 0 Å². The van der Waals surface area contributed by atoms with Crippen LogP contribution in [-0.2, 0) is 0 Å². The monoisotopic (exact) mass is 286 g/mol. The van der Waals surface area contributed by atoms with E-state index in [1.54, 1.807) is 24.3 Å². The lowest BCUT2D eigenvalue weighted by Crippen LogP contribution is -2.32. The predicted molar refractivity (Wildman–Crippen MR) is 82.6 cm³/mol. The Hall–Kier alpha value is -2.69. The minimum absolute atomic E-state index is 0.0923. The number of carbonyl (C=O) groups excluding carboxylic acids is 1. The first-order chi connectivity index (χ1) is 10.0. The van der Waals surface area contributed by atoms with Gasteiger partial charge in [-0.1, -0.05) is 19.1 Å². The average Bonchev–Trinajstić information content (AvgIpc) is 2.45. The van der Waals surface area contributed by atoms with Crippen molar-refractivity contribution in [3.8, 4) is 11.5 Å². The Balaban J connectivity index is 2.43. The number of carbonyl (C=O) groups is 1. The van der Waals surface area contributed by atoms with Crippen LogP contribution in [0.15, 0.2) is 42.5 Å². The van der Waals surface area contributed by atoms with Crippen LogP contribution in [0.1, 0.15) is 23.7 Å². The molecule has 0 unspecified atom stereocenters. The number of anilines is 2. The van der Waals surface area contributed by atoms with Gasteiger partial charge in [0.15, 0.2) is 0 Å². The third kappa shape index (κ3) is 3.08. The van der Waals surface area contributed by atoms with Crippen LogP contribution in [0.5, 0.6) is 11.5 Å². The van der Waals surface area contributed by atoms with Gasteiger partial charge in [0.2, 0.25) is 0 Å². The maximum absolute atomic E-state index is 12.6. The Morgan fingerprint density at radius 2 is 1.90 bits per heavy atom. The van der Waals surface area contributed by atoms with Gasteiger partial charge in [0.1, 0.15) is 11.5 Å². The largest absolute Gasteiger partial charge is 0.508 e. The van der Waals surface area contributed by atoms with E-state index in [0.29, 0.717) is 17.9 Å². The Morgan fingerprint density at radius 3 is 2.52 bits per heavy atom. The maximum atomic E-state index is 12.6. The minimum atomic E-state index is -0.354. The molecule has 21 heavy (non-hydrogen) atoms. The molecule has 0 bridgehead atoms. The van der Waals surface area contributed by atoms with Crippen LogP contribution >= 0.6 is 0 Å². The van der Waals surface area contributed by atoms with Crippen molar-refractivity contribution in [1.29, 1.82) is 0 Å². The zero-order chi connectivity index (χ0) is 15.4. The van der Waals surface area contributed by atoms with Crippen LogP contribution in [0.3, 0.4) is 0 Å². The smallest absolute Gasteiger partial charge is 0.262 e. The number of amides is 1. The molecule has 1 amide bonds. The van der Waals surface area contributed by atoms with Gasteiger partial charge in [0, 0.05) is 12.6 Å². The predicted octanol–water partition coefficient (Wildman–Crippen LogP) is 2.74. The minimum Gasteiger partial charge on any atom is -0.508 e. The number of hydrogen-bond donors (Lipinski definition) is 3. The lowest BCUT2D eigenvalue weighted by atomic mass is 10.1. The topological polar surface area (TPSA) is 86.8 Å². The van der Waals surface area contributed by atoms with Crippen molar-refractivity contribution < 1.29 is 15.0 Å². The van der Waals surface area contributed by atoms with Crippen LogP contribution < -0.4 is 10.6 Å². The molecule has 0 saturated carbocycles. The van der Waals surface area contributed by atoms with E-state index < -0.39 is 0 Å². The summed E-state index contributed by atoms with van der Waals surface area (Å²) < 4.78 is 0. The quantitative estimate of drug-likeness (QED) is 0.754. The van der Waals surface area contributed by atoms with E-state index in [-0.39, 0.29) is 23.0 Å². The van der Waals surface area contributed by atoms with E-state index in [9.17, 15) is 15.0 Å². The SMILES string of the molecule is CCCN(C(=O)c1ccc(O)cc1O)c1ccccc1N. The maximum Gasteiger partial charge on any atom is 0.262 e. The van der Waals surface area contributed by atoms with Crippen LogP contribution in [0.2, 0.25) is 0 Å². The standard InChI is InChI=1S/C16H18N2O3/c1-2-9-18(14-6-4-3-5-13(14)17)16(21)12-8-7-11(19)10-15(12)20/h3-8,10,19-20H,2,9,17H2,1H3. The van der Waals surface area contributed by atoms with Gasteiger partial charge in [0.05, 0.1) is 16.9 Å². The summed E-state index contributed by atoms with van der Waals surface area (Å²) in [5.41, 5.74) is 7.17. The molecular weight excluding hydrogens is 268 g/mol. The fraction of sp³-hybridized carbons (Fsp3) is 0.188. The van der Waals surface area contributed by atoms with E-state index >= 15 is 0 Å². The van der Waals surface area contributed by atoms with Crippen molar-refractivity contribution in [2.45, 2.75) is 13.3 Å². The van der Waals surface area contributed by atoms with Gasteiger partial charge < -0.3 is 20.8 Å². The number of aromatic hydroxyl groups is 2. The van der Waals surface area contributed by atoms with Crippen molar-refractivity contribution in [1.82, 2.24) is 0 Å². The number of phenols is 2. The summed E-state index contributed by atoms with van der Waals surface area (Å²) in [5, 5.41) is 19.2. The number of para-hydroxylation sites is 2. The fourth-order valence-electron chi connectivity index (χ4n) is 2.13. The first-order valence-electron chi connectivity index (χ1n) is 6.73. The zero-order valence-electron chi connectivity index (χ0n) is 11.8. The summed E-state index contributed by atoms with van der Waals surface area (Å²) >= 11 is 0.